The molecule has 0 saturated carbocycles. The zero-order valence-corrected chi connectivity index (χ0v) is 9.14. The molecule has 14 heavy (non-hydrogen) atoms. The van der Waals surface area contributed by atoms with Gasteiger partial charge in [-0.05, 0) is 49.4 Å². The summed E-state index contributed by atoms with van der Waals surface area (Å²) in [6.07, 6.45) is 3.76. The second-order valence-corrected chi connectivity index (χ2v) is 4.19. The van der Waals surface area contributed by atoms with Crippen LogP contribution in [0.5, 0.6) is 0 Å². The molecule has 0 bridgehead atoms. The minimum atomic E-state index is 0.612. The molecular weight excluding hydrogens is 170 g/mol. The van der Waals surface area contributed by atoms with E-state index in [2.05, 4.69) is 37.4 Å². The summed E-state index contributed by atoms with van der Waals surface area (Å²) in [5, 5.41) is 3.54. The van der Waals surface area contributed by atoms with Gasteiger partial charge in [-0.1, -0.05) is 25.1 Å². The summed E-state index contributed by atoms with van der Waals surface area (Å²) in [7, 11) is 0. The van der Waals surface area contributed by atoms with Gasteiger partial charge in [0.25, 0.3) is 0 Å². The zero-order valence-electron chi connectivity index (χ0n) is 9.14. The maximum Gasteiger partial charge on any atom is 0.0320 e. The molecule has 1 atom stereocenters. The molecule has 1 aromatic rings. The van der Waals surface area contributed by atoms with Crippen LogP contribution >= 0.6 is 0 Å². The van der Waals surface area contributed by atoms with Gasteiger partial charge in [-0.2, -0.15) is 0 Å². The van der Waals surface area contributed by atoms with Crippen molar-refractivity contribution in [2.24, 2.45) is 0 Å². The van der Waals surface area contributed by atoms with Crippen LogP contribution in [0.25, 0.3) is 0 Å². The van der Waals surface area contributed by atoms with Gasteiger partial charge >= 0.3 is 0 Å². The molecule has 0 aromatic heterocycles. The summed E-state index contributed by atoms with van der Waals surface area (Å²) in [5.41, 5.74) is 4.40. The summed E-state index contributed by atoms with van der Waals surface area (Å²) < 4.78 is 0. The fourth-order valence-corrected chi connectivity index (χ4v) is 2.26. The van der Waals surface area contributed by atoms with E-state index in [4.69, 9.17) is 0 Å². The predicted molar refractivity (Wildman–Crippen MR) is 60.5 cm³/mol. The van der Waals surface area contributed by atoms with Gasteiger partial charge in [0.05, 0.1) is 0 Å². The molecule has 0 aliphatic carbocycles. The SMILES string of the molecule is CCc1cc(C2CCCN2)ccc1C. The van der Waals surface area contributed by atoms with Gasteiger partial charge in [-0.3, -0.25) is 0 Å². The lowest BCUT2D eigenvalue weighted by Gasteiger charge is -2.13. The van der Waals surface area contributed by atoms with Gasteiger partial charge in [0.1, 0.15) is 0 Å². The molecule has 0 amide bonds. The molecule has 76 valence electrons. The molecule has 1 nitrogen and oxygen atoms in total. The van der Waals surface area contributed by atoms with E-state index in [1.54, 1.807) is 0 Å². The van der Waals surface area contributed by atoms with Gasteiger partial charge in [0.15, 0.2) is 0 Å². The average molecular weight is 189 g/mol. The Morgan fingerprint density at radius 2 is 2.29 bits per heavy atom. The van der Waals surface area contributed by atoms with Crippen molar-refractivity contribution in [3.8, 4) is 0 Å². The Hall–Kier alpha value is -0.820. The molecule has 1 aliphatic rings. The van der Waals surface area contributed by atoms with Crippen LogP contribution in [0.15, 0.2) is 18.2 Å². The Kier molecular flexibility index (Phi) is 2.87. The van der Waals surface area contributed by atoms with Crippen molar-refractivity contribution < 1.29 is 0 Å². The predicted octanol–water partition coefficient (Wildman–Crippen LogP) is 2.98. The van der Waals surface area contributed by atoms with Crippen LogP contribution in [0.3, 0.4) is 0 Å². The Morgan fingerprint density at radius 3 is 2.93 bits per heavy atom. The first-order chi connectivity index (χ1) is 6.81. The third kappa shape index (κ3) is 1.83. The largest absolute Gasteiger partial charge is 0.310 e. The molecule has 2 rings (SSSR count). The van der Waals surface area contributed by atoms with Gasteiger partial charge in [-0.15, -0.1) is 0 Å². The van der Waals surface area contributed by atoms with Gasteiger partial charge in [0.2, 0.25) is 0 Å². The molecule has 1 saturated heterocycles. The number of nitrogens with one attached hydrogen (secondary N) is 1. The van der Waals surface area contributed by atoms with E-state index in [1.807, 2.05) is 0 Å². The van der Waals surface area contributed by atoms with E-state index in [1.165, 1.54) is 36.1 Å². The highest BCUT2D eigenvalue weighted by Crippen LogP contribution is 2.24. The number of aryl methyl sites for hydroxylation is 2. The van der Waals surface area contributed by atoms with E-state index in [-0.39, 0.29) is 0 Å². The summed E-state index contributed by atoms with van der Waals surface area (Å²) in [5.74, 6) is 0. The lowest BCUT2D eigenvalue weighted by Crippen LogP contribution is -2.13. The third-order valence-electron chi connectivity index (χ3n) is 3.22. The van der Waals surface area contributed by atoms with Gasteiger partial charge in [-0.25, -0.2) is 0 Å². The molecule has 1 heterocycles. The van der Waals surface area contributed by atoms with Crippen molar-refractivity contribution in [3.63, 3.8) is 0 Å². The van der Waals surface area contributed by atoms with Crippen molar-refractivity contribution in [1.82, 2.24) is 5.32 Å². The lowest BCUT2D eigenvalue weighted by atomic mass is 9.98. The Bertz CT molecular complexity index is 311. The Labute approximate surface area is 86.5 Å². The van der Waals surface area contributed by atoms with Crippen LogP contribution in [0, 0.1) is 6.92 Å². The van der Waals surface area contributed by atoms with Crippen LogP contribution in [0.2, 0.25) is 0 Å². The second kappa shape index (κ2) is 4.14. The van der Waals surface area contributed by atoms with E-state index >= 15 is 0 Å². The summed E-state index contributed by atoms with van der Waals surface area (Å²) in [4.78, 5) is 0. The molecule has 1 unspecified atom stereocenters. The normalized spacial score (nSPS) is 21.4. The van der Waals surface area contributed by atoms with Crippen LogP contribution < -0.4 is 5.32 Å². The van der Waals surface area contributed by atoms with E-state index in [9.17, 15) is 0 Å². The zero-order chi connectivity index (χ0) is 9.97. The first-order valence-corrected chi connectivity index (χ1v) is 5.64. The van der Waals surface area contributed by atoms with Crippen LogP contribution in [-0.4, -0.2) is 6.54 Å². The minimum absolute atomic E-state index is 0.612. The summed E-state index contributed by atoms with van der Waals surface area (Å²) in [6, 6.07) is 7.52. The van der Waals surface area contributed by atoms with Crippen LogP contribution in [0.4, 0.5) is 0 Å². The number of hydrogen-bond donors (Lipinski definition) is 1. The first-order valence-electron chi connectivity index (χ1n) is 5.64. The number of rotatable bonds is 2. The summed E-state index contributed by atoms with van der Waals surface area (Å²) in [6.45, 7) is 5.61. The van der Waals surface area contributed by atoms with Gasteiger partial charge < -0.3 is 5.32 Å². The third-order valence-corrected chi connectivity index (χ3v) is 3.22. The van der Waals surface area contributed by atoms with Crippen LogP contribution in [-0.2, 0) is 6.42 Å². The van der Waals surface area contributed by atoms with Crippen molar-refractivity contribution in [1.29, 1.82) is 0 Å². The molecule has 0 radical (unpaired) electrons. The maximum atomic E-state index is 3.54. The number of hydrogen-bond acceptors (Lipinski definition) is 1. The smallest absolute Gasteiger partial charge is 0.0320 e. The lowest BCUT2D eigenvalue weighted by molar-refractivity contribution is 0.646. The standard InChI is InChI=1S/C13H19N/c1-3-11-9-12(7-6-10(11)2)13-5-4-8-14-13/h6-7,9,13-14H,3-5,8H2,1-2H3. The molecule has 0 spiro atoms. The molecule has 1 N–H and O–H groups in total. The van der Waals surface area contributed by atoms with Crippen molar-refractivity contribution in [3.05, 3.63) is 34.9 Å². The van der Waals surface area contributed by atoms with Crippen LogP contribution in [0.1, 0.15) is 42.5 Å². The van der Waals surface area contributed by atoms with Crippen molar-refractivity contribution >= 4 is 0 Å². The minimum Gasteiger partial charge on any atom is -0.310 e. The van der Waals surface area contributed by atoms with Gasteiger partial charge in [0, 0.05) is 6.04 Å². The molecule has 1 aliphatic heterocycles. The highest BCUT2D eigenvalue weighted by Gasteiger charge is 2.16. The van der Waals surface area contributed by atoms with E-state index in [0.29, 0.717) is 6.04 Å². The molecule has 1 aromatic carbocycles. The Morgan fingerprint density at radius 1 is 1.43 bits per heavy atom. The molecular formula is C13H19N. The average Bonchev–Trinajstić information content (AvgIpc) is 2.71. The quantitative estimate of drug-likeness (QED) is 0.754. The molecule has 1 heteroatoms. The Balaban J connectivity index is 2.25. The van der Waals surface area contributed by atoms with Crippen molar-refractivity contribution in [2.75, 3.05) is 6.54 Å². The fourth-order valence-electron chi connectivity index (χ4n) is 2.26. The summed E-state index contributed by atoms with van der Waals surface area (Å²) >= 11 is 0. The second-order valence-electron chi connectivity index (χ2n) is 4.19. The monoisotopic (exact) mass is 189 g/mol. The first kappa shape index (κ1) is 9.72. The highest BCUT2D eigenvalue weighted by atomic mass is 14.9. The maximum absolute atomic E-state index is 3.54. The van der Waals surface area contributed by atoms with E-state index < -0.39 is 0 Å². The highest BCUT2D eigenvalue weighted by molar-refractivity contribution is 5.33. The van der Waals surface area contributed by atoms with Crippen molar-refractivity contribution in [2.45, 2.75) is 39.2 Å². The van der Waals surface area contributed by atoms with E-state index in [0.717, 1.165) is 6.42 Å². The molecule has 1 fully saturated rings. The fraction of sp³-hybridized carbons (Fsp3) is 0.538. The number of benzene rings is 1. The topological polar surface area (TPSA) is 12.0 Å².